The molecule has 0 aliphatic rings. The lowest BCUT2D eigenvalue weighted by molar-refractivity contribution is 0.355. The minimum atomic E-state index is -4.12. The van der Waals surface area contributed by atoms with Crippen LogP contribution < -0.4 is 18.9 Å². The first-order chi connectivity index (χ1) is 17.4. The monoisotopic (exact) mass is 504 g/mol. The molecule has 0 atom stereocenters. The molecule has 1 N–H and O–H groups in total. The Kier molecular flexibility index (Phi) is 6.07. The standard InChI is InChI=1S/C27H21FN2O5S/c1-33-25-15-20-23(16-26(25)34-2)29-13-12-24(20)35-18-10-11-19-17(14-18)6-5-8-22(19)30-36(31,32)27-9-4-3-7-21(27)28/h3-16,30H,1-2H3. The van der Waals surface area contributed by atoms with Crippen LogP contribution in [0.1, 0.15) is 0 Å². The van der Waals surface area contributed by atoms with Gasteiger partial charge in [-0.25, -0.2) is 12.8 Å². The van der Waals surface area contributed by atoms with Crippen LogP contribution in [0.15, 0.2) is 90.0 Å². The molecule has 0 unspecified atom stereocenters. The normalized spacial score (nSPS) is 11.4. The predicted molar refractivity (Wildman–Crippen MR) is 136 cm³/mol. The number of pyridine rings is 1. The van der Waals surface area contributed by atoms with Crippen molar-refractivity contribution < 1.29 is 27.0 Å². The van der Waals surface area contributed by atoms with E-state index in [2.05, 4.69) is 9.71 Å². The van der Waals surface area contributed by atoms with E-state index in [1.807, 2.05) is 6.07 Å². The topological polar surface area (TPSA) is 86.8 Å². The van der Waals surface area contributed by atoms with E-state index >= 15 is 0 Å². The van der Waals surface area contributed by atoms with Gasteiger partial charge in [-0.2, -0.15) is 0 Å². The van der Waals surface area contributed by atoms with Crippen molar-refractivity contribution in [3.63, 3.8) is 0 Å². The number of methoxy groups -OCH3 is 2. The predicted octanol–water partition coefficient (Wildman–Crippen LogP) is 6.14. The van der Waals surface area contributed by atoms with Crippen LogP contribution in [0.25, 0.3) is 21.7 Å². The molecule has 1 heterocycles. The number of ether oxygens (including phenoxy) is 3. The molecule has 0 spiro atoms. The first-order valence-corrected chi connectivity index (χ1v) is 12.4. The van der Waals surface area contributed by atoms with E-state index in [0.29, 0.717) is 39.6 Å². The third-order valence-electron chi connectivity index (χ3n) is 5.66. The van der Waals surface area contributed by atoms with Crippen molar-refractivity contribution >= 4 is 37.4 Å². The number of rotatable bonds is 7. The maximum Gasteiger partial charge on any atom is 0.264 e. The van der Waals surface area contributed by atoms with E-state index in [1.165, 1.54) is 18.2 Å². The molecule has 0 radical (unpaired) electrons. The summed E-state index contributed by atoms with van der Waals surface area (Å²) in [6.45, 7) is 0. The number of aromatic nitrogens is 1. The zero-order chi connectivity index (χ0) is 25.3. The second kappa shape index (κ2) is 9.35. The van der Waals surface area contributed by atoms with Crippen LogP contribution in [-0.4, -0.2) is 27.6 Å². The van der Waals surface area contributed by atoms with Gasteiger partial charge in [0.05, 0.1) is 25.4 Å². The molecular formula is C27H21FN2O5S. The number of anilines is 1. The molecular weight excluding hydrogens is 483 g/mol. The van der Waals surface area contributed by atoms with Crippen LogP contribution in [0.5, 0.6) is 23.0 Å². The molecule has 0 aliphatic heterocycles. The summed E-state index contributed by atoms with van der Waals surface area (Å²) < 4.78 is 59.1. The molecule has 0 aliphatic carbocycles. The third-order valence-corrected chi connectivity index (χ3v) is 7.06. The fourth-order valence-electron chi connectivity index (χ4n) is 3.94. The lowest BCUT2D eigenvalue weighted by atomic mass is 10.1. The van der Waals surface area contributed by atoms with E-state index in [4.69, 9.17) is 14.2 Å². The molecule has 0 saturated heterocycles. The molecule has 4 aromatic carbocycles. The van der Waals surface area contributed by atoms with Gasteiger partial charge in [-0.15, -0.1) is 0 Å². The number of sulfonamides is 1. The number of benzene rings is 4. The van der Waals surface area contributed by atoms with E-state index in [-0.39, 0.29) is 0 Å². The maximum absolute atomic E-state index is 14.1. The Morgan fingerprint density at radius 2 is 1.58 bits per heavy atom. The van der Waals surface area contributed by atoms with Crippen LogP contribution in [0.4, 0.5) is 10.1 Å². The van der Waals surface area contributed by atoms with Gasteiger partial charge in [-0.05, 0) is 53.9 Å². The smallest absolute Gasteiger partial charge is 0.264 e. The van der Waals surface area contributed by atoms with Crippen LogP contribution in [-0.2, 0) is 10.0 Å². The fourth-order valence-corrected chi connectivity index (χ4v) is 5.10. The fraction of sp³-hybridized carbons (Fsp3) is 0.0741. The summed E-state index contributed by atoms with van der Waals surface area (Å²) >= 11 is 0. The summed E-state index contributed by atoms with van der Waals surface area (Å²) in [6, 6.07) is 21.0. The zero-order valence-electron chi connectivity index (χ0n) is 19.4. The zero-order valence-corrected chi connectivity index (χ0v) is 20.2. The van der Waals surface area contributed by atoms with Crippen LogP contribution in [0, 0.1) is 5.82 Å². The molecule has 1 aromatic heterocycles. The second-order valence-corrected chi connectivity index (χ2v) is 9.51. The number of nitrogens with one attached hydrogen (secondary N) is 1. The Balaban J connectivity index is 1.49. The van der Waals surface area contributed by atoms with Crippen molar-refractivity contribution in [2.45, 2.75) is 4.90 Å². The molecule has 0 bridgehead atoms. The largest absolute Gasteiger partial charge is 0.493 e. The van der Waals surface area contributed by atoms with Crippen molar-refractivity contribution in [3.8, 4) is 23.0 Å². The van der Waals surface area contributed by atoms with E-state index in [9.17, 15) is 12.8 Å². The van der Waals surface area contributed by atoms with Crippen molar-refractivity contribution in [2.24, 2.45) is 0 Å². The maximum atomic E-state index is 14.1. The minimum absolute atomic E-state index is 0.327. The number of fused-ring (bicyclic) bond motifs is 2. The number of hydrogen-bond donors (Lipinski definition) is 1. The van der Waals surface area contributed by atoms with E-state index in [0.717, 1.165) is 16.8 Å². The van der Waals surface area contributed by atoms with Crippen molar-refractivity contribution in [1.29, 1.82) is 0 Å². The highest BCUT2D eigenvalue weighted by Gasteiger charge is 2.19. The van der Waals surface area contributed by atoms with Gasteiger partial charge in [0.1, 0.15) is 22.2 Å². The molecule has 5 rings (SSSR count). The SMILES string of the molecule is COc1cc2nccc(Oc3ccc4c(NS(=O)(=O)c5ccccc5F)cccc4c3)c2cc1OC. The van der Waals surface area contributed by atoms with Crippen molar-refractivity contribution in [2.75, 3.05) is 18.9 Å². The van der Waals surface area contributed by atoms with E-state index < -0.39 is 20.7 Å². The molecule has 182 valence electrons. The van der Waals surface area contributed by atoms with Crippen molar-refractivity contribution in [3.05, 3.63) is 90.9 Å². The van der Waals surface area contributed by atoms with Gasteiger partial charge in [0.2, 0.25) is 0 Å². The summed E-state index contributed by atoms with van der Waals surface area (Å²) in [5.74, 6) is 1.40. The molecule has 0 amide bonds. The minimum Gasteiger partial charge on any atom is -0.493 e. The highest BCUT2D eigenvalue weighted by molar-refractivity contribution is 7.92. The molecule has 5 aromatic rings. The average molecular weight is 505 g/mol. The lowest BCUT2D eigenvalue weighted by Crippen LogP contribution is -2.14. The Morgan fingerprint density at radius 3 is 2.36 bits per heavy atom. The molecule has 9 heteroatoms. The van der Waals surface area contributed by atoms with Crippen LogP contribution in [0.2, 0.25) is 0 Å². The Labute approximate surface area is 207 Å². The first-order valence-electron chi connectivity index (χ1n) is 10.9. The Hall–Kier alpha value is -4.37. The molecule has 36 heavy (non-hydrogen) atoms. The summed E-state index contributed by atoms with van der Waals surface area (Å²) in [4.78, 5) is 3.97. The third kappa shape index (κ3) is 4.36. The van der Waals surface area contributed by atoms with Crippen LogP contribution >= 0.6 is 0 Å². The van der Waals surface area contributed by atoms with Gasteiger partial charge < -0.3 is 14.2 Å². The summed E-state index contributed by atoms with van der Waals surface area (Å²) in [5, 5.41) is 2.11. The number of hydrogen-bond acceptors (Lipinski definition) is 6. The number of nitrogens with zero attached hydrogens (tertiary/aromatic N) is 1. The number of halogens is 1. The second-order valence-electron chi connectivity index (χ2n) is 7.86. The summed E-state index contributed by atoms with van der Waals surface area (Å²) in [6.07, 6.45) is 1.64. The average Bonchev–Trinajstić information content (AvgIpc) is 2.88. The Morgan fingerprint density at radius 1 is 0.806 bits per heavy atom. The molecule has 0 saturated carbocycles. The van der Waals surface area contributed by atoms with E-state index in [1.54, 1.807) is 68.9 Å². The quantitative estimate of drug-likeness (QED) is 0.287. The molecule has 0 fully saturated rings. The van der Waals surface area contributed by atoms with Gasteiger partial charge in [0.15, 0.2) is 11.5 Å². The Bertz CT molecular complexity index is 1710. The molecule has 7 nitrogen and oxygen atoms in total. The van der Waals surface area contributed by atoms with Crippen LogP contribution in [0.3, 0.4) is 0 Å². The van der Waals surface area contributed by atoms with Crippen molar-refractivity contribution in [1.82, 2.24) is 4.98 Å². The highest BCUT2D eigenvalue weighted by atomic mass is 32.2. The highest BCUT2D eigenvalue weighted by Crippen LogP contribution is 2.38. The first kappa shape index (κ1) is 23.4. The van der Waals surface area contributed by atoms with Gasteiger partial charge in [-0.3, -0.25) is 9.71 Å². The summed E-state index contributed by atoms with van der Waals surface area (Å²) in [7, 11) is -0.999. The van der Waals surface area contributed by atoms with Gasteiger partial charge in [0.25, 0.3) is 10.0 Å². The lowest BCUT2D eigenvalue weighted by Gasteiger charge is -2.14. The van der Waals surface area contributed by atoms with Gasteiger partial charge in [0, 0.05) is 23.0 Å². The van der Waals surface area contributed by atoms with Gasteiger partial charge >= 0.3 is 0 Å². The summed E-state index contributed by atoms with van der Waals surface area (Å²) in [5.41, 5.74) is 1.00. The van der Waals surface area contributed by atoms with Gasteiger partial charge in [-0.1, -0.05) is 24.3 Å².